The number of methoxy groups -OCH3 is 2. The van der Waals surface area contributed by atoms with Crippen LogP contribution in [0.4, 0.5) is 59.9 Å². The molecule has 0 saturated carbocycles. The van der Waals surface area contributed by atoms with Crippen molar-refractivity contribution >= 4 is 191 Å². The van der Waals surface area contributed by atoms with E-state index in [1.54, 1.807) is 94.0 Å². The number of nitrogens with zero attached hydrogens (tertiary/aromatic N) is 5. The van der Waals surface area contributed by atoms with E-state index in [-0.39, 0.29) is 94.4 Å². The van der Waals surface area contributed by atoms with Crippen molar-refractivity contribution < 1.29 is 136 Å². The molecule has 2 atom stereocenters. The molecule has 4 amide bonds. The summed E-state index contributed by atoms with van der Waals surface area (Å²) >= 11 is 31.3. The molecule has 0 fully saturated rings. The number of benzene rings is 9. The second kappa shape index (κ2) is 55.1. The zero-order valence-electron chi connectivity index (χ0n) is 67.5. The van der Waals surface area contributed by atoms with Crippen LogP contribution in [0.3, 0.4) is 0 Å². The van der Waals surface area contributed by atoms with Gasteiger partial charge in [-0.1, -0.05) is 83.4 Å². The minimum Gasteiger partial charge on any atom is -0.699 e. The van der Waals surface area contributed by atoms with Crippen LogP contribution in [-0.2, 0) is 25.5 Å². The van der Waals surface area contributed by atoms with Crippen molar-refractivity contribution in [3.05, 3.63) is 314 Å². The fraction of sp³-hybridized carbons (Fsp3) is 0.163. The minimum atomic E-state index is -2.00. The van der Waals surface area contributed by atoms with Crippen molar-refractivity contribution in [2.45, 2.75) is 60.2 Å². The van der Waals surface area contributed by atoms with E-state index < -0.39 is 66.8 Å². The van der Waals surface area contributed by atoms with E-state index in [9.17, 15) is 82.9 Å². The number of non-ortho nitro benzene ring substituents is 2. The predicted molar refractivity (Wildman–Crippen MR) is 469 cm³/mol. The van der Waals surface area contributed by atoms with Crippen molar-refractivity contribution in [2.24, 2.45) is 0 Å². The molecule has 9 aromatic carbocycles. The Morgan fingerprint density at radius 2 is 0.886 bits per heavy atom. The standard InChI is InChI=1S/C26H22ClN3O8.C16H13ClN2O6.C10H10ClNO2.C10H9ClO2.C9H10O.C8H9NO.C6H8N2.CCl2O.Ac/c1-15-12-18(7-4-17(15)14-31)29(2)26(34)38-24(23(32)16-5-9-20(37-3)10-6-16)25(33)28-22-13-19(30(35)36)8-11-21(22)27;1-25-11-5-2-9(3-6-11)14(20)15(21)16(22)18-13-8-10(19(23)24)4-7-12(13)17;1-7-5-9(12(2)10(11)14)4-3-8(7)6-13;1-7-4-8(5-10(11)13)2-3-9(7)6-12;1-7-3-4-9(6-10)8(2)5-7;1-6-4-8(9)3-2-7(6)5-10;1-7-6-2-4-8-5-3-6;2-1(3)4;/h4-14,24H,1-3H3,(H,28,33);2-8,15,21H,1H3,(H,18,22);3-6H,1-2H3;2-4,6H,5H2,1H3;3-6H,1-2H3;2-5H,1H3,(H2,9,10);2-5H,1H3,(H,7,8);;/p-1. The molecule has 5 N–H and O–H groups in total. The number of nitro groups is 2. The Morgan fingerprint density at radius 3 is 1.25 bits per heavy atom. The SMILES string of the molecule is CNc1ccncc1.COc1ccc(C(=O)C(O)C(=O)Nc2cc([N+](=O)[O-])ccc2Cl)cc1.COc1ccc(C(=O)C(OC(=O)N(C)c2ccc(C=O)c(C)c2)C(=O)Nc2cc([N+](=O)[O-])ccc2Cl)cc1.Cc1cc(CC(=O)Cl)ccc1C=O.Cc1cc(N(C)C(=O)Cl)ccc1C=O.Cc1cc([NH-])ccc1C=O.Cc1ccc(C=O)c(C)c1.O=C(Cl)Cl.[Ac]. The van der Waals surface area contributed by atoms with Crippen LogP contribution in [0.15, 0.2) is 200 Å². The average Bonchev–Trinajstić information content (AvgIpc) is 0.816. The summed E-state index contributed by atoms with van der Waals surface area (Å²) in [6.45, 7) is 11.1. The van der Waals surface area contributed by atoms with Crippen molar-refractivity contribution in [3.8, 4) is 11.5 Å². The molecule has 1 aromatic heterocycles. The molecule has 0 bridgehead atoms. The van der Waals surface area contributed by atoms with Crippen LogP contribution in [-0.4, -0.2) is 144 Å². The molecule has 0 saturated heterocycles. The minimum absolute atomic E-state index is 0. The maximum atomic E-state index is 13.3. The number of aryl methyl sites for hydroxylation is 6. The summed E-state index contributed by atoms with van der Waals surface area (Å²) in [4.78, 5) is 174. The normalized spacial score (nSPS) is 10.2. The Hall–Kier alpha value is -12.0. The number of anilines is 5. The third kappa shape index (κ3) is 36.7. The van der Waals surface area contributed by atoms with E-state index in [1.165, 1.54) is 105 Å². The Morgan fingerprint density at radius 1 is 0.504 bits per heavy atom. The molecular weight excluding hydrogens is 1930 g/mol. The van der Waals surface area contributed by atoms with Crippen LogP contribution in [0.5, 0.6) is 11.5 Å². The smallest absolute Gasteiger partial charge is 0.415 e. The first kappa shape index (κ1) is 107. The van der Waals surface area contributed by atoms with Gasteiger partial charge in [0.25, 0.3) is 23.2 Å². The molecule has 1 heterocycles. The summed E-state index contributed by atoms with van der Waals surface area (Å²) in [5.41, 5.74) is 18.4. The number of carbonyl (C=O) groups is 13. The average molecular weight is 2020 g/mol. The second-order valence-corrected chi connectivity index (χ2v) is 27.5. The summed E-state index contributed by atoms with van der Waals surface area (Å²) in [7, 11) is 7.72. The molecule has 123 heavy (non-hydrogen) atoms. The van der Waals surface area contributed by atoms with Gasteiger partial charge in [-0.05, 0) is 231 Å². The quantitative estimate of drug-likeness (QED) is 0.00879. The van der Waals surface area contributed by atoms with E-state index in [0.717, 1.165) is 93.4 Å². The monoisotopic (exact) mass is 2010 g/mol. The summed E-state index contributed by atoms with van der Waals surface area (Å²) in [5, 5.41) is 38.4. The molecule has 0 spiro atoms. The van der Waals surface area contributed by atoms with Gasteiger partial charge in [-0.2, -0.15) is 0 Å². The van der Waals surface area contributed by atoms with E-state index in [2.05, 4.69) is 44.1 Å². The number of nitrogens with one attached hydrogen (secondary N) is 4. The molecular formula is C86H80AcCl6N9O21-. The largest absolute Gasteiger partial charge is 0.699 e. The molecule has 37 heteroatoms. The summed E-state index contributed by atoms with van der Waals surface area (Å²) < 4.78 is 14.5. The molecule has 0 aliphatic heterocycles. The van der Waals surface area contributed by atoms with Gasteiger partial charge in [0.05, 0.1) is 45.5 Å². The fourth-order valence-electron chi connectivity index (χ4n) is 9.82. The van der Waals surface area contributed by atoms with Gasteiger partial charge in [0.2, 0.25) is 22.9 Å². The number of hydrogen-bond acceptors (Lipinski definition) is 23. The molecule has 2 unspecified atom stereocenters. The van der Waals surface area contributed by atoms with Crippen LogP contribution in [0.1, 0.15) is 111 Å². The number of amides is 4. The molecule has 10 aromatic rings. The number of aliphatic hydroxyl groups excluding tert-OH is 1. The van der Waals surface area contributed by atoms with Crippen molar-refractivity contribution in [2.75, 3.05) is 61.1 Å². The summed E-state index contributed by atoms with van der Waals surface area (Å²) in [5.74, 6) is -2.86. The van der Waals surface area contributed by atoms with Crippen LogP contribution >= 0.6 is 69.6 Å². The van der Waals surface area contributed by atoms with Crippen molar-refractivity contribution in [3.63, 3.8) is 0 Å². The van der Waals surface area contributed by atoms with E-state index in [0.29, 0.717) is 62.7 Å². The molecule has 641 valence electrons. The number of halogens is 6. The van der Waals surface area contributed by atoms with E-state index in [4.69, 9.17) is 71.1 Å². The summed E-state index contributed by atoms with van der Waals surface area (Å²) in [6.07, 6.45) is 2.62. The number of aldehydes is 5. The number of nitro benzene ring substituents is 2. The maximum absolute atomic E-state index is 13.3. The van der Waals surface area contributed by atoms with Gasteiger partial charge in [0, 0.05) is 164 Å². The van der Waals surface area contributed by atoms with Gasteiger partial charge in [-0.25, -0.2) is 4.79 Å². The number of hydrogen-bond donors (Lipinski definition) is 4. The third-order valence-electron chi connectivity index (χ3n) is 16.6. The maximum Gasteiger partial charge on any atom is 0.415 e. The van der Waals surface area contributed by atoms with Gasteiger partial charge in [0.15, 0.2) is 6.10 Å². The second-order valence-electron chi connectivity index (χ2n) is 25.1. The Balaban J connectivity index is 0.000000518. The first-order valence-electron chi connectivity index (χ1n) is 35.2. The Kier molecular flexibility index (Phi) is 47.9. The number of ketones is 2. The number of rotatable bonds is 23. The molecule has 0 aliphatic rings. The molecule has 10 rings (SSSR count). The first-order valence-corrected chi connectivity index (χ1v) is 37.5. The van der Waals surface area contributed by atoms with E-state index in [1.807, 2.05) is 65.1 Å². The van der Waals surface area contributed by atoms with Gasteiger partial charge in [-0.3, -0.25) is 87.6 Å². The molecule has 0 aliphatic carbocycles. The number of Topliss-reactive ketones (excluding diaryl/α,β-unsaturated/α-hetero) is 2. The van der Waals surface area contributed by atoms with Crippen LogP contribution < -0.4 is 35.2 Å². The summed E-state index contributed by atoms with van der Waals surface area (Å²) in [6, 6.07) is 47.8. The molecule has 1 radical (unpaired) electrons. The van der Waals surface area contributed by atoms with Crippen molar-refractivity contribution in [1.29, 1.82) is 0 Å². The fourth-order valence-corrected chi connectivity index (χ4v) is 10.4. The first-order chi connectivity index (χ1) is 57.7. The van der Waals surface area contributed by atoms with Gasteiger partial charge in [-0.15, -0.1) is 5.69 Å². The van der Waals surface area contributed by atoms with Crippen LogP contribution in [0, 0.1) is 106 Å². The molecule has 30 nitrogen and oxygen atoms in total. The number of ether oxygens (including phenoxy) is 3. The topological polar surface area (TPSA) is 435 Å². The van der Waals surface area contributed by atoms with Crippen LogP contribution in [0.2, 0.25) is 10.0 Å². The number of pyridine rings is 1. The Labute approximate surface area is 772 Å². The van der Waals surface area contributed by atoms with Crippen molar-refractivity contribution in [1.82, 2.24) is 4.98 Å². The number of aromatic nitrogens is 1. The van der Waals surface area contributed by atoms with Crippen LogP contribution in [0.25, 0.3) is 5.73 Å². The van der Waals surface area contributed by atoms with Gasteiger partial charge in [0.1, 0.15) is 42.9 Å². The number of carbonyl (C=O) groups excluding carboxylic acids is 13. The predicted octanol–water partition coefficient (Wildman–Crippen LogP) is 19.3. The number of aliphatic hydroxyl groups is 1. The van der Waals surface area contributed by atoms with E-state index >= 15 is 0 Å². The van der Waals surface area contributed by atoms with Gasteiger partial charge >= 0.3 is 16.2 Å². The van der Waals surface area contributed by atoms with Gasteiger partial charge < -0.3 is 45.9 Å². The third-order valence-corrected chi connectivity index (χ3v) is 17.6. The zero-order valence-corrected chi connectivity index (χ0v) is 76.8. The Bertz CT molecular complexity index is 5350. The zero-order chi connectivity index (χ0) is 91.6.